The lowest BCUT2D eigenvalue weighted by molar-refractivity contribution is 0.407. The number of hydrogen-bond donors (Lipinski definition) is 0. The van der Waals surface area contributed by atoms with Crippen molar-refractivity contribution >= 4 is 33.3 Å². The van der Waals surface area contributed by atoms with E-state index in [1.54, 1.807) is 18.1 Å². The first-order chi connectivity index (χ1) is 7.04. The minimum absolute atomic E-state index is 0.406. The molecule has 15 heavy (non-hydrogen) atoms. The number of methoxy groups -OCH3 is 1. The van der Waals surface area contributed by atoms with Gasteiger partial charge in [0, 0.05) is 20.2 Å². The molecule has 1 aromatic rings. The summed E-state index contributed by atoms with van der Waals surface area (Å²) in [5.41, 5.74) is 0. The lowest BCUT2D eigenvalue weighted by atomic mass is 10.3. The Morgan fingerprint density at radius 3 is 2.60 bits per heavy atom. The first-order valence-electron chi connectivity index (χ1n) is 4.27. The number of hydrogen-bond acceptors (Lipinski definition) is 3. The van der Waals surface area contributed by atoms with E-state index in [2.05, 4.69) is 15.9 Å². The van der Waals surface area contributed by atoms with Gasteiger partial charge in [-0.05, 0) is 40.3 Å². The molecule has 0 saturated heterocycles. The summed E-state index contributed by atoms with van der Waals surface area (Å²) in [6.07, 6.45) is 0. The number of nitrogens with zero attached hydrogens (tertiary/aromatic N) is 1. The fourth-order valence-electron chi connectivity index (χ4n) is 0.874. The third kappa shape index (κ3) is 3.35. The highest BCUT2D eigenvalue weighted by atomic mass is 79.9. The molecule has 0 aliphatic carbocycles. The molecular weight excluding hydrogens is 278 g/mol. The first-order valence-corrected chi connectivity index (χ1v) is 5.47. The molecule has 0 amide bonds. The van der Waals surface area contributed by atoms with Gasteiger partial charge in [0.1, 0.15) is 11.5 Å². The average Bonchev–Trinajstić information content (AvgIpc) is 2.21. The van der Waals surface area contributed by atoms with Crippen LogP contribution >= 0.6 is 28.1 Å². The van der Waals surface area contributed by atoms with E-state index in [1.807, 2.05) is 26.2 Å². The zero-order valence-electron chi connectivity index (χ0n) is 8.78. The second-order valence-electron chi connectivity index (χ2n) is 3.06. The van der Waals surface area contributed by atoms with E-state index in [-0.39, 0.29) is 0 Å². The van der Waals surface area contributed by atoms with E-state index in [9.17, 15) is 0 Å². The van der Waals surface area contributed by atoms with E-state index < -0.39 is 0 Å². The van der Waals surface area contributed by atoms with Crippen molar-refractivity contribution in [3.63, 3.8) is 0 Å². The molecule has 0 atom stereocenters. The summed E-state index contributed by atoms with van der Waals surface area (Å²) in [6, 6.07) is 5.47. The predicted octanol–water partition coefficient (Wildman–Crippen LogP) is 2.68. The molecule has 0 aromatic heterocycles. The van der Waals surface area contributed by atoms with Gasteiger partial charge in [0.15, 0.2) is 0 Å². The molecule has 0 saturated carbocycles. The molecule has 0 radical (unpaired) electrons. The Balaban J connectivity index is 2.88. The van der Waals surface area contributed by atoms with Crippen molar-refractivity contribution in [1.29, 1.82) is 0 Å². The Hall–Kier alpha value is -0.810. The van der Waals surface area contributed by atoms with Crippen LogP contribution in [0.1, 0.15) is 0 Å². The van der Waals surface area contributed by atoms with Crippen LogP contribution in [0.25, 0.3) is 0 Å². The normalized spacial score (nSPS) is 9.60. The van der Waals surface area contributed by atoms with Gasteiger partial charge in [-0.1, -0.05) is 0 Å². The van der Waals surface area contributed by atoms with Crippen LogP contribution in [0.5, 0.6) is 11.5 Å². The predicted molar refractivity (Wildman–Crippen MR) is 67.6 cm³/mol. The molecule has 0 spiro atoms. The first kappa shape index (κ1) is 12.3. The molecule has 0 aliphatic heterocycles. The Bertz CT molecular complexity index is 368. The minimum Gasteiger partial charge on any atom is -0.497 e. The summed E-state index contributed by atoms with van der Waals surface area (Å²) in [6.45, 7) is 0. The standard InChI is InChI=1S/C10H12BrNO2S/c1-12(2)10(15)14-9-6-7(13-3)4-5-8(9)11/h4-6H,1-3H3. The maximum absolute atomic E-state index is 5.48. The molecule has 0 N–H and O–H groups in total. The smallest absolute Gasteiger partial charge is 0.264 e. The van der Waals surface area contributed by atoms with Gasteiger partial charge in [0.2, 0.25) is 0 Å². The maximum Gasteiger partial charge on any atom is 0.264 e. The van der Waals surface area contributed by atoms with Crippen molar-refractivity contribution < 1.29 is 9.47 Å². The van der Waals surface area contributed by atoms with Gasteiger partial charge >= 0.3 is 0 Å². The minimum atomic E-state index is 0.406. The zero-order valence-corrected chi connectivity index (χ0v) is 11.2. The van der Waals surface area contributed by atoms with Crippen LogP contribution in [0.2, 0.25) is 0 Å². The van der Waals surface area contributed by atoms with Crippen LogP contribution in [0.4, 0.5) is 0 Å². The van der Waals surface area contributed by atoms with Gasteiger partial charge in [-0.3, -0.25) is 0 Å². The van der Waals surface area contributed by atoms with E-state index in [1.165, 1.54) is 0 Å². The largest absolute Gasteiger partial charge is 0.497 e. The fourth-order valence-corrected chi connectivity index (χ4v) is 1.29. The number of ether oxygens (including phenoxy) is 2. The third-order valence-electron chi connectivity index (χ3n) is 1.70. The number of benzene rings is 1. The summed E-state index contributed by atoms with van der Waals surface area (Å²) < 4.78 is 11.4. The zero-order chi connectivity index (χ0) is 11.4. The van der Waals surface area contributed by atoms with Gasteiger partial charge < -0.3 is 14.4 Å². The van der Waals surface area contributed by atoms with Crippen LogP contribution in [0.15, 0.2) is 22.7 Å². The molecule has 82 valence electrons. The lowest BCUT2D eigenvalue weighted by Gasteiger charge is -2.15. The van der Waals surface area contributed by atoms with Crippen LogP contribution in [-0.4, -0.2) is 31.3 Å². The van der Waals surface area contributed by atoms with Crippen LogP contribution < -0.4 is 9.47 Å². The Kier molecular flexibility index (Phi) is 4.35. The number of halogens is 1. The molecular formula is C10H12BrNO2S. The summed E-state index contributed by atoms with van der Waals surface area (Å²) in [5, 5.41) is 0.406. The molecule has 1 aromatic carbocycles. The maximum atomic E-state index is 5.48. The fraction of sp³-hybridized carbons (Fsp3) is 0.300. The highest BCUT2D eigenvalue weighted by Gasteiger charge is 2.07. The van der Waals surface area contributed by atoms with Gasteiger partial charge in [0.05, 0.1) is 11.6 Å². The Morgan fingerprint density at radius 2 is 2.07 bits per heavy atom. The molecule has 0 bridgehead atoms. The van der Waals surface area contributed by atoms with Gasteiger partial charge in [-0.2, -0.15) is 0 Å². The van der Waals surface area contributed by atoms with Crippen LogP contribution in [-0.2, 0) is 0 Å². The average molecular weight is 290 g/mol. The van der Waals surface area contributed by atoms with Crippen molar-refractivity contribution in [2.24, 2.45) is 0 Å². The highest BCUT2D eigenvalue weighted by Crippen LogP contribution is 2.29. The number of thiocarbonyl (C=S) groups is 1. The molecule has 0 fully saturated rings. The monoisotopic (exact) mass is 289 g/mol. The van der Waals surface area contributed by atoms with E-state index in [0.29, 0.717) is 10.9 Å². The third-order valence-corrected chi connectivity index (χ3v) is 2.80. The Labute approximate surface area is 103 Å². The van der Waals surface area contributed by atoms with Gasteiger partial charge in [-0.15, -0.1) is 0 Å². The second-order valence-corrected chi connectivity index (χ2v) is 4.26. The molecule has 0 heterocycles. The number of rotatable bonds is 2. The lowest BCUT2D eigenvalue weighted by Crippen LogP contribution is -2.25. The second kappa shape index (κ2) is 5.32. The van der Waals surface area contributed by atoms with E-state index >= 15 is 0 Å². The summed E-state index contributed by atoms with van der Waals surface area (Å²) >= 11 is 8.42. The van der Waals surface area contributed by atoms with Crippen LogP contribution in [0, 0.1) is 0 Å². The SMILES string of the molecule is COc1ccc(Br)c(OC(=S)N(C)C)c1. The summed E-state index contributed by atoms with van der Waals surface area (Å²) in [4.78, 5) is 1.72. The van der Waals surface area contributed by atoms with Crippen LogP contribution in [0.3, 0.4) is 0 Å². The van der Waals surface area contributed by atoms with Crippen molar-refractivity contribution in [2.75, 3.05) is 21.2 Å². The summed E-state index contributed by atoms with van der Waals surface area (Å²) in [5.74, 6) is 1.38. The van der Waals surface area contributed by atoms with Crippen molar-refractivity contribution in [3.8, 4) is 11.5 Å². The topological polar surface area (TPSA) is 21.7 Å². The highest BCUT2D eigenvalue weighted by molar-refractivity contribution is 9.10. The Morgan fingerprint density at radius 1 is 1.40 bits per heavy atom. The van der Waals surface area contributed by atoms with E-state index in [4.69, 9.17) is 21.7 Å². The molecule has 1 rings (SSSR count). The molecule has 3 nitrogen and oxygen atoms in total. The molecule has 0 aliphatic rings. The van der Waals surface area contributed by atoms with Crippen molar-refractivity contribution in [1.82, 2.24) is 4.90 Å². The van der Waals surface area contributed by atoms with E-state index in [0.717, 1.165) is 10.2 Å². The quantitative estimate of drug-likeness (QED) is 0.781. The van der Waals surface area contributed by atoms with Crippen molar-refractivity contribution in [2.45, 2.75) is 0 Å². The van der Waals surface area contributed by atoms with Gasteiger partial charge in [0.25, 0.3) is 5.17 Å². The van der Waals surface area contributed by atoms with Crippen molar-refractivity contribution in [3.05, 3.63) is 22.7 Å². The molecule has 5 heteroatoms. The van der Waals surface area contributed by atoms with Gasteiger partial charge in [-0.25, -0.2) is 0 Å². The summed E-state index contributed by atoms with van der Waals surface area (Å²) in [7, 11) is 5.27. The molecule has 0 unspecified atom stereocenters.